The van der Waals surface area contributed by atoms with Crippen molar-refractivity contribution in [2.75, 3.05) is 33.2 Å². The Kier molecular flexibility index (Phi) is 30.8. The average Bonchev–Trinajstić information content (AvgIpc) is 3.05. The van der Waals surface area contributed by atoms with Crippen LogP contribution < -0.4 is 27.8 Å². The maximum atomic E-state index is 13.3. The number of nitrogens with one attached hydrogen (secondary N) is 2. The molecule has 2 atom stereocenters. The first-order valence-electron chi connectivity index (χ1n) is 18.9. The molecule has 0 radical (unpaired) electrons. The van der Waals surface area contributed by atoms with Crippen LogP contribution in [0.25, 0.3) is 0 Å². The lowest BCUT2D eigenvalue weighted by molar-refractivity contribution is -0.133. The second-order valence-electron chi connectivity index (χ2n) is 13.0. The Hall–Kier alpha value is -1.87. The monoisotopic (exact) mass is 638 g/mol. The van der Waals surface area contributed by atoms with Crippen LogP contribution in [-0.2, 0) is 9.59 Å². The van der Waals surface area contributed by atoms with Gasteiger partial charge in [0.25, 0.3) is 0 Å². The summed E-state index contributed by atoms with van der Waals surface area (Å²) >= 11 is 0. The van der Waals surface area contributed by atoms with Gasteiger partial charge in [-0.15, -0.1) is 0 Å². The van der Waals surface area contributed by atoms with E-state index in [0.717, 1.165) is 38.8 Å². The summed E-state index contributed by atoms with van der Waals surface area (Å²) in [4.78, 5) is 31.6. The quantitative estimate of drug-likeness (QED) is 0.0322. The SMILES string of the molecule is CCCCCCCCCCCCCCN(CCCCCCCCCCCC)C(=O)C(N)CNC(=O)C(N)CCCNC(N)=NC. The molecule has 8 N–H and O–H groups in total. The van der Waals surface area contributed by atoms with Crippen molar-refractivity contribution in [3.8, 4) is 0 Å². The molecule has 0 aromatic rings. The Bertz CT molecular complexity index is 720. The lowest BCUT2D eigenvalue weighted by Gasteiger charge is -2.26. The number of carbonyl (C=O) groups excluding carboxylic acids is 2. The van der Waals surface area contributed by atoms with Gasteiger partial charge in [0.05, 0.1) is 6.04 Å². The number of hydrogen-bond acceptors (Lipinski definition) is 5. The van der Waals surface area contributed by atoms with Crippen molar-refractivity contribution in [3.05, 3.63) is 0 Å². The minimum absolute atomic E-state index is 0.0682. The summed E-state index contributed by atoms with van der Waals surface area (Å²) in [6.07, 6.45) is 29.4. The molecule has 0 spiro atoms. The number of amides is 2. The highest BCUT2D eigenvalue weighted by Crippen LogP contribution is 2.14. The van der Waals surface area contributed by atoms with E-state index in [1.54, 1.807) is 7.05 Å². The summed E-state index contributed by atoms with van der Waals surface area (Å²) in [5.41, 5.74) is 18.0. The predicted molar refractivity (Wildman–Crippen MR) is 193 cm³/mol. The second-order valence-corrected chi connectivity index (χ2v) is 13.0. The molecule has 2 unspecified atom stereocenters. The topological polar surface area (TPSA) is 152 Å². The van der Waals surface area contributed by atoms with E-state index in [0.29, 0.717) is 25.3 Å². The van der Waals surface area contributed by atoms with Crippen LogP contribution in [0.4, 0.5) is 0 Å². The zero-order valence-corrected chi connectivity index (χ0v) is 29.9. The van der Waals surface area contributed by atoms with Crippen LogP contribution in [0.2, 0.25) is 0 Å². The van der Waals surface area contributed by atoms with E-state index < -0.39 is 12.1 Å². The highest BCUT2D eigenvalue weighted by atomic mass is 16.2. The van der Waals surface area contributed by atoms with Crippen LogP contribution in [0.1, 0.15) is 168 Å². The van der Waals surface area contributed by atoms with E-state index >= 15 is 0 Å². The third kappa shape index (κ3) is 27.0. The second kappa shape index (κ2) is 32.1. The number of nitrogens with zero attached hydrogens (tertiary/aromatic N) is 2. The molecule has 0 rings (SSSR count). The van der Waals surface area contributed by atoms with Gasteiger partial charge < -0.3 is 32.7 Å². The number of guanidine groups is 1. The van der Waals surface area contributed by atoms with E-state index in [4.69, 9.17) is 17.2 Å². The number of nitrogens with two attached hydrogens (primary N) is 3. The first-order chi connectivity index (χ1) is 21.9. The zero-order valence-electron chi connectivity index (χ0n) is 29.9. The molecule has 0 bridgehead atoms. The number of unbranched alkanes of at least 4 members (excludes halogenated alkanes) is 20. The molecule has 9 nitrogen and oxygen atoms in total. The Morgan fingerprint density at radius 1 is 0.600 bits per heavy atom. The summed E-state index contributed by atoms with van der Waals surface area (Å²) in [7, 11) is 1.61. The van der Waals surface area contributed by atoms with Gasteiger partial charge in [0.2, 0.25) is 11.8 Å². The van der Waals surface area contributed by atoms with Crippen molar-refractivity contribution < 1.29 is 9.59 Å². The van der Waals surface area contributed by atoms with Crippen molar-refractivity contribution in [3.63, 3.8) is 0 Å². The van der Waals surface area contributed by atoms with Gasteiger partial charge in [0.1, 0.15) is 6.04 Å². The van der Waals surface area contributed by atoms with Crippen LogP contribution in [0, 0.1) is 0 Å². The van der Waals surface area contributed by atoms with Crippen LogP contribution >= 0.6 is 0 Å². The van der Waals surface area contributed by atoms with Crippen LogP contribution in [0.15, 0.2) is 4.99 Å². The highest BCUT2D eigenvalue weighted by molar-refractivity contribution is 5.85. The fourth-order valence-electron chi connectivity index (χ4n) is 5.68. The van der Waals surface area contributed by atoms with Gasteiger partial charge in [0.15, 0.2) is 5.96 Å². The van der Waals surface area contributed by atoms with E-state index in [1.165, 1.54) is 116 Å². The highest BCUT2D eigenvalue weighted by Gasteiger charge is 2.22. The Morgan fingerprint density at radius 2 is 1.00 bits per heavy atom. The van der Waals surface area contributed by atoms with Gasteiger partial charge in [-0.1, -0.05) is 142 Å². The van der Waals surface area contributed by atoms with E-state index in [1.807, 2.05) is 4.90 Å². The molecule has 0 aromatic heterocycles. The van der Waals surface area contributed by atoms with Crippen molar-refractivity contribution >= 4 is 17.8 Å². The average molecular weight is 638 g/mol. The fourth-order valence-corrected chi connectivity index (χ4v) is 5.68. The molecule has 0 aliphatic heterocycles. The lowest BCUT2D eigenvalue weighted by Crippen LogP contribution is -2.52. The Morgan fingerprint density at radius 3 is 1.40 bits per heavy atom. The molecule has 0 aliphatic carbocycles. The summed E-state index contributed by atoms with van der Waals surface area (Å²) in [6, 6.07) is -1.42. The zero-order chi connectivity index (χ0) is 33.4. The standard InChI is InChI=1S/C36H75N7O2/c1-4-6-8-10-12-14-16-17-19-21-23-25-30-43(29-24-22-20-18-15-13-11-9-7-5-2)35(45)33(38)31-42-34(44)32(37)27-26-28-41-36(39)40-3/h32-33H,4-31,37-38H2,1-3H3,(H,42,44)(H3,39,40,41). The predicted octanol–water partition coefficient (Wildman–Crippen LogP) is 6.52. The maximum Gasteiger partial charge on any atom is 0.241 e. The van der Waals surface area contributed by atoms with E-state index in [2.05, 4.69) is 29.5 Å². The van der Waals surface area contributed by atoms with Crippen LogP contribution in [-0.4, -0.2) is 68.0 Å². The number of hydrogen-bond donors (Lipinski definition) is 5. The lowest BCUT2D eigenvalue weighted by atomic mass is 10.0. The van der Waals surface area contributed by atoms with Crippen molar-refractivity contribution in [2.45, 2.75) is 180 Å². The minimum Gasteiger partial charge on any atom is -0.370 e. The third-order valence-corrected chi connectivity index (χ3v) is 8.76. The van der Waals surface area contributed by atoms with Gasteiger partial charge in [0, 0.05) is 33.2 Å². The fraction of sp³-hybridized carbons (Fsp3) is 0.917. The summed E-state index contributed by atoms with van der Waals surface area (Å²) in [6.45, 7) is 6.70. The smallest absolute Gasteiger partial charge is 0.241 e. The van der Waals surface area contributed by atoms with Gasteiger partial charge in [-0.2, -0.15) is 0 Å². The molecule has 9 heteroatoms. The molecular weight excluding hydrogens is 562 g/mol. The molecule has 2 amide bonds. The molecule has 0 aliphatic rings. The molecule has 0 fully saturated rings. The first kappa shape index (κ1) is 43.1. The normalized spacial score (nSPS) is 13.0. The van der Waals surface area contributed by atoms with Crippen LogP contribution in [0.3, 0.4) is 0 Å². The Balaban J connectivity index is 4.49. The number of rotatable bonds is 32. The molecule has 45 heavy (non-hydrogen) atoms. The minimum atomic E-state index is -0.760. The van der Waals surface area contributed by atoms with E-state index in [9.17, 15) is 9.59 Å². The molecule has 0 saturated heterocycles. The first-order valence-corrected chi connectivity index (χ1v) is 18.9. The third-order valence-electron chi connectivity index (χ3n) is 8.76. The van der Waals surface area contributed by atoms with E-state index in [-0.39, 0.29) is 18.4 Å². The van der Waals surface area contributed by atoms with Crippen molar-refractivity contribution in [1.29, 1.82) is 0 Å². The van der Waals surface area contributed by atoms with Crippen LogP contribution in [0.5, 0.6) is 0 Å². The number of carbonyl (C=O) groups is 2. The maximum absolute atomic E-state index is 13.3. The van der Waals surface area contributed by atoms with Gasteiger partial charge in [-0.3, -0.25) is 14.6 Å². The summed E-state index contributed by atoms with van der Waals surface area (Å²) < 4.78 is 0. The Labute approximate surface area is 278 Å². The van der Waals surface area contributed by atoms with Gasteiger partial charge in [-0.05, 0) is 25.7 Å². The molecule has 0 heterocycles. The van der Waals surface area contributed by atoms with Gasteiger partial charge >= 0.3 is 0 Å². The molecule has 0 saturated carbocycles. The summed E-state index contributed by atoms with van der Waals surface area (Å²) in [5.74, 6) is 0.0161. The molecular formula is C36H75N7O2. The van der Waals surface area contributed by atoms with Crippen molar-refractivity contribution in [2.24, 2.45) is 22.2 Å². The molecule has 266 valence electrons. The van der Waals surface area contributed by atoms with Crippen molar-refractivity contribution in [1.82, 2.24) is 15.5 Å². The largest absolute Gasteiger partial charge is 0.370 e. The van der Waals surface area contributed by atoms with Gasteiger partial charge in [-0.25, -0.2) is 0 Å². The summed E-state index contributed by atoms with van der Waals surface area (Å²) in [5, 5.41) is 5.75. The number of aliphatic imine (C=N–C) groups is 1. The molecule has 0 aromatic carbocycles.